The minimum Gasteiger partial charge on any atom is -0.352 e. The van der Waals surface area contributed by atoms with Crippen molar-refractivity contribution in [3.63, 3.8) is 0 Å². The highest BCUT2D eigenvalue weighted by molar-refractivity contribution is 5.94. The standard InChI is InChI=1S/C20H19F3N2O/c1-13-16(17-5-3-4-6-18(17)25(13)2)11-12-24-19(26)14-7-9-15(10-8-14)20(21,22)23/h3-10H,11-12H2,1-2H3,(H,24,26). The van der Waals surface area contributed by atoms with E-state index in [1.165, 1.54) is 12.1 Å². The van der Waals surface area contributed by atoms with E-state index in [4.69, 9.17) is 0 Å². The molecule has 26 heavy (non-hydrogen) atoms. The van der Waals surface area contributed by atoms with Crippen LogP contribution in [-0.4, -0.2) is 17.0 Å². The van der Waals surface area contributed by atoms with Crippen LogP contribution in [0.25, 0.3) is 10.9 Å². The fourth-order valence-corrected chi connectivity index (χ4v) is 3.13. The number of amides is 1. The van der Waals surface area contributed by atoms with Crippen molar-refractivity contribution < 1.29 is 18.0 Å². The Morgan fingerprint density at radius 3 is 2.38 bits per heavy atom. The van der Waals surface area contributed by atoms with E-state index in [1.54, 1.807) is 0 Å². The summed E-state index contributed by atoms with van der Waals surface area (Å²) < 4.78 is 39.8. The van der Waals surface area contributed by atoms with Gasteiger partial charge < -0.3 is 9.88 Å². The summed E-state index contributed by atoms with van der Waals surface area (Å²) in [6.07, 6.45) is -3.75. The number of aromatic nitrogens is 1. The molecule has 1 amide bonds. The summed E-state index contributed by atoms with van der Waals surface area (Å²) in [5.41, 5.74) is 2.88. The first-order valence-electron chi connectivity index (χ1n) is 8.27. The van der Waals surface area contributed by atoms with E-state index in [0.29, 0.717) is 13.0 Å². The first kappa shape index (κ1) is 18.0. The van der Waals surface area contributed by atoms with E-state index in [2.05, 4.69) is 16.0 Å². The van der Waals surface area contributed by atoms with E-state index < -0.39 is 11.7 Å². The molecule has 2 aromatic carbocycles. The van der Waals surface area contributed by atoms with Crippen LogP contribution in [0.3, 0.4) is 0 Å². The summed E-state index contributed by atoms with van der Waals surface area (Å²) in [5.74, 6) is -0.378. The highest BCUT2D eigenvalue weighted by Crippen LogP contribution is 2.29. The van der Waals surface area contributed by atoms with Crippen molar-refractivity contribution in [1.29, 1.82) is 0 Å². The Balaban J connectivity index is 1.67. The molecular weight excluding hydrogens is 341 g/mol. The van der Waals surface area contributed by atoms with E-state index in [9.17, 15) is 18.0 Å². The number of nitrogens with one attached hydrogen (secondary N) is 1. The fraction of sp³-hybridized carbons (Fsp3) is 0.250. The van der Waals surface area contributed by atoms with Gasteiger partial charge in [0.15, 0.2) is 0 Å². The SMILES string of the molecule is Cc1c(CCNC(=O)c2ccc(C(F)(F)F)cc2)c2ccccc2n1C. The van der Waals surface area contributed by atoms with Crippen LogP contribution < -0.4 is 5.32 Å². The third-order valence-electron chi connectivity index (χ3n) is 4.67. The molecule has 0 radical (unpaired) electrons. The van der Waals surface area contributed by atoms with Gasteiger partial charge in [0.25, 0.3) is 5.91 Å². The van der Waals surface area contributed by atoms with Gasteiger partial charge >= 0.3 is 6.18 Å². The van der Waals surface area contributed by atoms with Crippen LogP contribution in [0.1, 0.15) is 27.2 Å². The minimum absolute atomic E-state index is 0.215. The molecule has 0 aliphatic heterocycles. The molecule has 136 valence electrons. The third-order valence-corrected chi connectivity index (χ3v) is 4.67. The highest BCUT2D eigenvalue weighted by Gasteiger charge is 2.30. The van der Waals surface area contributed by atoms with Crippen LogP contribution in [-0.2, 0) is 19.6 Å². The zero-order valence-corrected chi connectivity index (χ0v) is 14.5. The van der Waals surface area contributed by atoms with Crippen molar-refractivity contribution in [2.45, 2.75) is 19.5 Å². The maximum Gasteiger partial charge on any atom is 0.416 e. The lowest BCUT2D eigenvalue weighted by atomic mass is 10.1. The molecule has 0 aliphatic rings. The molecule has 6 heteroatoms. The summed E-state index contributed by atoms with van der Waals surface area (Å²) in [6.45, 7) is 2.45. The molecule has 3 nitrogen and oxygen atoms in total. The molecule has 0 unspecified atom stereocenters. The number of para-hydroxylation sites is 1. The fourth-order valence-electron chi connectivity index (χ4n) is 3.13. The molecule has 0 bridgehead atoms. The second-order valence-electron chi connectivity index (χ2n) is 6.22. The van der Waals surface area contributed by atoms with Crippen molar-refractivity contribution >= 4 is 16.8 Å². The first-order valence-corrected chi connectivity index (χ1v) is 8.27. The maximum absolute atomic E-state index is 12.6. The molecule has 0 atom stereocenters. The summed E-state index contributed by atoms with van der Waals surface area (Å²) >= 11 is 0. The van der Waals surface area contributed by atoms with Gasteiger partial charge in [0.2, 0.25) is 0 Å². The highest BCUT2D eigenvalue weighted by atomic mass is 19.4. The van der Waals surface area contributed by atoms with Gasteiger partial charge in [-0.15, -0.1) is 0 Å². The summed E-state index contributed by atoms with van der Waals surface area (Å²) in [4.78, 5) is 12.2. The number of rotatable bonds is 4. The Labute approximate surface area is 149 Å². The molecule has 0 saturated heterocycles. The molecule has 0 saturated carbocycles. The number of fused-ring (bicyclic) bond motifs is 1. The molecule has 1 aromatic heterocycles. The maximum atomic E-state index is 12.6. The number of halogens is 3. The predicted molar refractivity (Wildman–Crippen MR) is 95.1 cm³/mol. The number of carbonyl (C=O) groups excluding carboxylic acids is 1. The predicted octanol–water partition coefficient (Wildman–Crippen LogP) is 4.48. The minimum atomic E-state index is -4.40. The number of hydrogen-bond donors (Lipinski definition) is 1. The van der Waals surface area contributed by atoms with E-state index in [0.717, 1.165) is 34.3 Å². The Hall–Kier alpha value is -2.76. The van der Waals surface area contributed by atoms with Crippen molar-refractivity contribution in [3.8, 4) is 0 Å². The van der Waals surface area contributed by atoms with Crippen molar-refractivity contribution in [3.05, 3.63) is 70.9 Å². The van der Waals surface area contributed by atoms with Gasteiger partial charge in [-0.1, -0.05) is 18.2 Å². The van der Waals surface area contributed by atoms with E-state index >= 15 is 0 Å². The van der Waals surface area contributed by atoms with Gasteiger partial charge in [-0.05, 0) is 49.2 Å². The lowest BCUT2D eigenvalue weighted by Gasteiger charge is -2.09. The monoisotopic (exact) mass is 360 g/mol. The van der Waals surface area contributed by atoms with Crippen molar-refractivity contribution in [2.75, 3.05) is 6.54 Å². The van der Waals surface area contributed by atoms with Gasteiger partial charge in [0, 0.05) is 35.8 Å². The third kappa shape index (κ3) is 3.45. The van der Waals surface area contributed by atoms with Crippen LogP contribution in [0, 0.1) is 6.92 Å². The molecule has 1 N–H and O–H groups in total. The summed E-state index contributed by atoms with van der Waals surface area (Å²) in [5, 5.41) is 3.93. The average molecular weight is 360 g/mol. The molecule has 0 fully saturated rings. The molecule has 1 heterocycles. The van der Waals surface area contributed by atoms with Crippen LogP contribution >= 0.6 is 0 Å². The average Bonchev–Trinajstić information content (AvgIpc) is 2.86. The number of benzene rings is 2. The molecule has 0 aliphatic carbocycles. The molecule has 3 rings (SSSR count). The Bertz CT molecular complexity index is 940. The smallest absolute Gasteiger partial charge is 0.352 e. The number of aryl methyl sites for hydroxylation is 1. The van der Waals surface area contributed by atoms with Gasteiger partial charge in [-0.3, -0.25) is 4.79 Å². The number of hydrogen-bond acceptors (Lipinski definition) is 1. The number of alkyl halides is 3. The number of nitrogens with zero attached hydrogens (tertiary/aromatic N) is 1. The summed E-state index contributed by atoms with van der Waals surface area (Å²) in [7, 11) is 2.00. The molecular formula is C20H19F3N2O. The van der Waals surface area contributed by atoms with E-state index in [-0.39, 0.29) is 11.5 Å². The molecule has 0 spiro atoms. The Morgan fingerprint density at radius 1 is 1.08 bits per heavy atom. The van der Waals surface area contributed by atoms with Gasteiger partial charge in [-0.25, -0.2) is 0 Å². The molecule has 3 aromatic rings. The van der Waals surface area contributed by atoms with Gasteiger partial charge in [0.1, 0.15) is 0 Å². The Morgan fingerprint density at radius 2 is 1.73 bits per heavy atom. The van der Waals surface area contributed by atoms with Crippen LogP contribution in [0.5, 0.6) is 0 Å². The van der Waals surface area contributed by atoms with Crippen LogP contribution in [0.15, 0.2) is 48.5 Å². The van der Waals surface area contributed by atoms with Crippen molar-refractivity contribution in [2.24, 2.45) is 7.05 Å². The second-order valence-corrected chi connectivity index (χ2v) is 6.22. The van der Waals surface area contributed by atoms with Crippen LogP contribution in [0.4, 0.5) is 13.2 Å². The second kappa shape index (κ2) is 6.86. The lowest BCUT2D eigenvalue weighted by Crippen LogP contribution is -2.25. The van der Waals surface area contributed by atoms with Crippen LogP contribution in [0.2, 0.25) is 0 Å². The van der Waals surface area contributed by atoms with Crippen molar-refractivity contribution in [1.82, 2.24) is 9.88 Å². The summed E-state index contributed by atoms with van der Waals surface area (Å²) in [6, 6.07) is 12.3. The largest absolute Gasteiger partial charge is 0.416 e. The number of carbonyl (C=O) groups is 1. The zero-order chi connectivity index (χ0) is 18.9. The zero-order valence-electron chi connectivity index (χ0n) is 14.5. The Kier molecular flexibility index (Phi) is 4.76. The normalized spacial score (nSPS) is 11.7. The first-order chi connectivity index (χ1) is 12.3. The van der Waals surface area contributed by atoms with Gasteiger partial charge in [-0.2, -0.15) is 13.2 Å². The topological polar surface area (TPSA) is 34.0 Å². The van der Waals surface area contributed by atoms with Gasteiger partial charge in [0.05, 0.1) is 5.56 Å². The quantitative estimate of drug-likeness (QED) is 0.731. The lowest BCUT2D eigenvalue weighted by molar-refractivity contribution is -0.137. The van der Waals surface area contributed by atoms with E-state index in [1.807, 2.05) is 32.2 Å².